The van der Waals surface area contributed by atoms with Crippen LogP contribution in [0.4, 0.5) is 34.6 Å². The van der Waals surface area contributed by atoms with Crippen molar-refractivity contribution < 1.29 is 31.9 Å². The molecule has 10 heteroatoms. The lowest BCUT2D eigenvalue weighted by molar-refractivity contribution is -0.137. The molecule has 2 amide bonds. The highest BCUT2D eigenvalue weighted by Gasteiger charge is 2.34. The summed E-state index contributed by atoms with van der Waals surface area (Å²) in [5.41, 5.74) is 0.108. The fraction of sp³-hybridized carbons (Fsp3) is 0.333. The molecule has 4 rings (SSSR count). The van der Waals surface area contributed by atoms with E-state index in [-0.39, 0.29) is 17.8 Å². The summed E-state index contributed by atoms with van der Waals surface area (Å²) in [6, 6.07) is 6.84. The maximum absolute atomic E-state index is 13.5. The average molecular weight is 437 g/mol. The molecule has 164 valence electrons. The number of nitrogens with one attached hydrogen (secondary N) is 2. The van der Waals surface area contributed by atoms with Crippen molar-refractivity contribution in [2.45, 2.75) is 18.5 Å². The average Bonchev–Trinajstić information content (AvgIpc) is 2.72. The minimum Gasteiger partial charge on any atom is -0.378 e. The van der Waals surface area contributed by atoms with Crippen molar-refractivity contribution >= 4 is 28.9 Å². The molecule has 2 aliphatic rings. The maximum atomic E-state index is 13.5. The van der Waals surface area contributed by atoms with Crippen LogP contribution in [0.2, 0.25) is 0 Å². The first kappa shape index (κ1) is 21.1. The van der Waals surface area contributed by atoms with E-state index in [2.05, 4.69) is 10.6 Å². The monoisotopic (exact) mass is 437 g/mol. The molecule has 0 aromatic heterocycles. The van der Waals surface area contributed by atoms with Crippen molar-refractivity contribution in [3.63, 3.8) is 0 Å². The number of halogens is 4. The fourth-order valence-corrected chi connectivity index (χ4v) is 3.78. The van der Waals surface area contributed by atoms with E-state index in [0.717, 1.165) is 18.2 Å². The Kier molecular flexibility index (Phi) is 5.57. The zero-order valence-corrected chi connectivity index (χ0v) is 16.3. The van der Waals surface area contributed by atoms with Crippen LogP contribution in [0.5, 0.6) is 0 Å². The van der Waals surface area contributed by atoms with Gasteiger partial charge in [0.05, 0.1) is 36.1 Å². The van der Waals surface area contributed by atoms with Crippen LogP contribution in [-0.4, -0.2) is 38.1 Å². The Bertz CT molecular complexity index is 1020. The molecule has 1 saturated heterocycles. The lowest BCUT2D eigenvalue weighted by Crippen LogP contribution is -2.37. The number of fused-ring (bicyclic) bond motifs is 1. The van der Waals surface area contributed by atoms with Crippen molar-refractivity contribution in [1.29, 1.82) is 0 Å². The third-order valence-corrected chi connectivity index (χ3v) is 5.30. The SMILES string of the molecule is O=C1C[C@@H](C(=O)Nc2cc(C(F)(F)F)ccc2N2CCOCC2)c2ccc(F)cc2N1. The minimum atomic E-state index is -4.59. The molecule has 2 N–H and O–H groups in total. The smallest absolute Gasteiger partial charge is 0.378 e. The molecule has 2 aromatic carbocycles. The highest BCUT2D eigenvalue weighted by atomic mass is 19.4. The Morgan fingerprint density at radius 2 is 1.87 bits per heavy atom. The molecule has 0 bridgehead atoms. The molecular formula is C21H19F4N3O3. The van der Waals surface area contributed by atoms with E-state index in [1.165, 1.54) is 18.2 Å². The first-order valence-electron chi connectivity index (χ1n) is 9.66. The number of carbonyl (C=O) groups excluding carboxylic acids is 2. The first-order valence-corrected chi connectivity index (χ1v) is 9.66. The second-order valence-electron chi connectivity index (χ2n) is 7.35. The Labute approximate surface area is 175 Å². The third-order valence-electron chi connectivity index (χ3n) is 5.30. The lowest BCUT2D eigenvalue weighted by atomic mass is 9.89. The third kappa shape index (κ3) is 4.48. The summed E-state index contributed by atoms with van der Waals surface area (Å²) >= 11 is 0. The molecule has 31 heavy (non-hydrogen) atoms. The summed E-state index contributed by atoms with van der Waals surface area (Å²) in [7, 11) is 0. The van der Waals surface area contributed by atoms with E-state index in [0.29, 0.717) is 37.6 Å². The Hall–Kier alpha value is -3.14. The van der Waals surface area contributed by atoms with Gasteiger partial charge in [-0.05, 0) is 35.9 Å². The van der Waals surface area contributed by atoms with Gasteiger partial charge < -0.3 is 20.3 Å². The zero-order chi connectivity index (χ0) is 22.2. The summed E-state index contributed by atoms with van der Waals surface area (Å²) in [5.74, 6) is -2.66. The number of anilines is 3. The molecule has 6 nitrogen and oxygen atoms in total. The van der Waals surface area contributed by atoms with Gasteiger partial charge in [-0.1, -0.05) is 6.07 Å². The van der Waals surface area contributed by atoms with E-state index in [9.17, 15) is 27.2 Å². The van der Waals surface area contributed by atoms with Crippen molar-refractivity contribution in [1.82, 2.24) is 0 Å². The zero-order valence-electron chi connectivity index (χ0n) is 16.3. The van der Waals surface area contributed by atoms with E-state index in [4.69, 9.17) is 4.74 Å². The van der Waals surface area contributed by atoms with Gasteiger partial charge in [-0.2, -0.15) is 13.2 Å². The number of benzene rings is 2. The second-order valence-corrected chi connectivity index (χ2v) is 7.35. The molecule has 0 unspecified atom stereocenters. The van der Waals surface area contributed by atoms with Gasteiger partial charge >= 0.3 is 6.18 Å². The van der Waals surface area contributed by atoms with E-state index < -0.39 is 35.3 Å². The normalized spacial score (nSPS) is 18.9. The number of morpholine rings is 1. The fourth-order valence-electron chi connectivity index (χ4n) is 3.78. The van der Waals surface area contributed by atoms with Crippen LogP contribution in [0.1, 0.15) is 23.5 Å². The van der Waals surface area contributed by atoms with Crippen molar-refractivity contribution in [2.75, 3.05) is 41.8 Å². The topological polar surface area (TPSA) is 70.7 Å². The predicted octanol–water partition coefficient (Wildman–Crippen LogP) is 3.75. The number of alkyl halides is 3. The Balaban J connectivity index is 1.68. The number of amides is 2. The van der Waals surface area contributed by atoms with Gasteiger partial charge in [0, 0.05) is 25.2 Å². The molecule has 0 saturated carbocycles. The van der Waals surface area contributed by atoms with Gasteiger partial charge in [0.15, 0.2) is 0 Å². The second kappa shape index (κ2) is 8.18. The van der Waals surface area contributed by atoms with Crippen LogP contribution in [0.15, 0.2) is 36.4 Å². The van der Waals surface area contributed by atoms with Gasteiger partial charge in [0.1, 0.15) is 5.82 Å². The summed E-state index contributed by atoms with van der Waals surface area (Å²) < 4.78 is 58.7. The van der Waals surface area contributed by atoms with Crippen LogP contribution in [0.3, 0.4) is 0 Å². The summed E-state index contributed by atoms with van der Waals surface area (Å²) in [5, 5.41) is 5.08. The largest absolute Gasteiger partial charge is 0.416 e. The molecule has 2 heterocycles. The van der Waals surface area contributed by atoms with Gasteiger partial charge in [-0.15, -0.1) is 0 Å². The predicted molar refractivity (Wildman–Crippen MR) is 105 cm³/mol. The molecule has 2 aromatic rings. The number of hydrogen-bond acceptors (Lipinski definition) is 4. The van der Waals surface area contributed by atoms with E-state index >= 15 is 0 Å². The molecule has 2 aliphatic heterocycles. The molecular weight excluding hydrogens is 418 g/mol. The van der Waals surface area contributed by atoms with Crippen LogP contribution in [-0.2, 0) is 20.5 Å². The van der Waals surface area contributed by atoms with Gasteiger partial charge in [-0.25, -0.2) is 4.39 Å². The van der Waals surface area contributed by atoms with Crippen LogP contribution in [0.25, 0.3) is 0 Å². The standard InChI is InChI=1S/C21H19F4N3O3/c22-13-2-3-14-15(11-19(29)26-16(14)10-13)20(30)27-17-9-12(21(23,24)25)1-4-18(17)28-5-7-31-8-6-28/h1-4,9-10,15H,5-8,11H2,(H,26,29)(H,27,30)/t15-/m1/s1. The highest BCUT2D eigenvalue weighted by molar-refractivity contribution is 6.06. The molecule has 1 fully saturated rings. The van der Waals surface area contributed by atoms with Crippen molar-refractivity contribution in [3.8, 4) is 0 Å². The lowest BCUT2D eigenvalue weighted by Gasteiger charge is -2.31. The number of rotatable bonds is 3. The first-order chi connectivity index (χ1) is 14.7. The van der Waals surface area contributed by atoms with Crippen LogP contribution < -0.4 is 15.5 Å². The summed E-state index contributed by atoms with van der Waals surface area (Å²) in [4.78, 5) is 26.9. The summed E-state index contributed by atoms with van der Waals surface area (Å²) in [6.45, 7) is 1.75. The summed E-state index contributed by atoms with van der Waals surface area (Å²) in [6.07, 6.45) is -4.78. The number of carbonyl (C=O) groups is 2. The Morgan fingerprint density at radius 3 is 2.58 bits per heavy atom. The van der Waals surface area contributed by atoms with Gasteiger partial charge in [-0.3, -0.25) is 9.59 Å². The highest BCUT2D eigenvalue weighted by Crippen LogP contribution is 2.38. The number of hydrogen-bond donors (Lipinski definition) is 2. The Morgan fingerprint density at radius 1 is 1.13 bits per heavy atom. The van der Waals surface area contributed by atoms with Crippen LogP contribution in [0, 0.1) is 5.82 Å². The van der Waals surface area contributed by atoms with Crippen molar-refractivity contribution in [3.05, 3.63) is 53.3 Å². The van der Waals surface area contributed by atoms with E-state index in [1.54, 1.807) is 0 Å². The maximum Gasteiger partial charge on any atom is 0.416 e. The molecule has 1 atom stereocenters. The minimum absolute atomic E-state index is 0.00336. The molecule has 0 radical (unpaired) electrons. The number of nitrogens with zero attached hydrogens (tertiary/aromatic N) is 1. The van der Waals surface area contributed by atoms with Gasteiger partial charge in [0.25, 0.3) is 0 Å². The molecule has 0 spiro atoms. The quantitative estimate of drug-likeness (QED) is 0.718. The number of ether oxygens (including phenoxy) is 1. The van der Waals surface area contributed by atoms with E-state index in [1.807, 2.05) is 4.90 Å². The molecule has 0 aliphatic carbocycles. The van der Waals surface area contributed by atoms with Crippen molar-refractivity contribution in [2.24, 2.45) is 0 Å². The van der Waals surface area contributed by atoms with Gasteiger partial charge in [0.2, 0.25) is 11.8 Å². The van der Waals surface area contributed by atoms with Crippen LogP contribution >= 0.6 is 0 Å².